The fraction of sp³-hybridized carbons (Fsp3) is 0.551. The number of benzene rings is 1. The van der Waals surface area contributed by atoms with Crippen LogP contribution in [0, 0.1) is 17.3 Å². The lowest BCUT2D eigenvalue weighted by Gasteiger charge is -2.38. The fourth-order valence-corrected chi connectivity index (χ4v) is 9.26. The lowest BCUT2D eigenvalue weighted by atomic mass is 9.84. The number of rotatable bonds is 11. The van der Waals surface area contributed by atoms with Crippen LogP contribution in [-0.4, -0.2) is 144 Å². The third-order valence-corrected chi connectivity index (χ3v) is 13.8. The molecule has 3 aliphatic heterocycles. The van der Waals surface area contributed by atoms with Gasteiger partial charge in [0.25, 0.3) is 17.7 Å². The molecule has 3 amide bonds. The van der Waals surface area contributed by atoms with E-state index >= 15 is 0 Å². The van der Waals surface area contributed by atoms with Crippen LogP contribution in [0.3, 0.4) is 0 Å². The van der Waals surface area contributed by atoms with Gasteiger partial charge in [-0.2, -0.15) is 0 Å². The molecule has 1 aromatic carbocycles. The first-order valence-corrected chi connectivity index (χ1v) is 23.6. The van der Waals surface area contributed by atoms with Crippen molar-refractivity contribution in [1.29, 1.82) is 0 Å². The second-order valence-corrected chi connectivity index (χ2v) is 19.8. The van der Waals surface area contributed by atoms with Crippen molar-refractivity contribution in [1.82, 2.24) is 40.1 Å². The van der Waals surface area contributed by atoms with Crippen LogP contribution >= 0.6 is 11.3 Å². The Labute approximate surface area is 391 Å². The van der Waals surface area contributed by atoms with Gasteiger partial charge in [-0.25, -0.2) is 10.4 Å². The van der Waals surface area contributed by atoms with Crippen molar-refractivity contribution in [3.63, 3.8) is 0 Å². The Morgan fingerprint density at radius 3 is 2.64 bits per heavy atom. The molecule has 7 rings (SSSR count). The molecular formula is C49H64N8O8S. The number of methoxy groups -OCH3 is 2. The zero-order valence-corrected chi connectivity index (χ0v) is 40.7. The number of aryl methyl sites for hydroxylation is 1. The van der Waals surface area contributed by atoms with Crippen molar-refractivity contribution in [2.75, 3.05) is 61.2 Å². The molecule has 16 nitrogen and oxygen atoms in total. The van der Waals surface area contributed by atoms with Crippen molar-refractivity contribution in [3.05, 3.63) is 58.2 Å². The number of fused-ring (bicyclic) bond motifs is 6. The van der Waals surface area contributed by atoms with Crippen LogP contribution in [0.2, 0.25) is 0 Å². The molecule has 0 saturated carbocycles. The highest BCUT2D eigenvalue weighted by Gasteiger charge is 2.38. The summed E-state index contributed by atoms with van der Waals surface area (Å²) in [6, 6.07) is 8.57. The molecule has 0 aliphatic carbocycles. The molecule has 354 valence electrons. The van der Waals surface area contributed by atoms with Crippen LogP contribution in [0.15, 0.2) is 41.9 Å². The highest BCUT2D eigenvalue weighted by molar-refractivity contribution is 7.10. The molecule has 2 N–H and O–H groups in total. The summed E-state index contributed by atoms with van der Waals surface area (Å²) in [4.78, 5) is 68.3. The number of nitrogens with one attached hydrogen (secondary N) is 2. The van der Waals surface area contributed by atoms with Crippen LogP contribution in [0.4, 0.5) is 0 Å². The van der Waals surface area contributed by atoms with Gasteiger partial charge in [0, 0.05) is 85.8 Å². The van der Waals surface area contributed by atoms with Crippen molar-refractivity contribution >= 4 is 45.9 Å². The Morgan fingerprint density at radius 1 is 1.15 bits per heavy atom. The third-order valence-electron chi connectivity index (χ3n) is 12.9. The van der Waals surface area contributed by atoms with E-state index < -0.39 is 46.9 Å². The number of carbonyl (C=O) groups is 4. The van der Waals surface area contributed by atoms with Crippen LogP contribution in [0.25, 0.3) is 33.4 Å². The first kappa shape index (κ1) is 48.7. The zero-order valence-electron chi connectivity index (χ0n) is 39.9. The van der Waals surface area contributed by atoms with E-state index in [0.717, 1.165) is 44.7 Å². The van der Waals surface area contributed by atoms with Gasteiger partial charge in [0.15, 0.2) is 6.10 Å². The number of nitrogens with zero attached hydrogens (tertiary/aromatic N) is 6. The summed E-state index contributed by atoms with van der Waals surface area (Å²) in [5.74, 6) is 4.06. The van der Waals surface area contributed by atoms with Gasteiger partial charge in [0.1, 0.15) is 12.1 Å². The number of likely N-dealkylation sites (tertiary alicyclic amines) is 1. The smallest absolute Gasteiger partial charge is 0.324 e. The van der Waals surface area contributed by atoms with Gasteiger partial charge in [-0.05, 0) is 96.8 Å². The molecule has 2 saturated heterocycles. The fourth-order valence-electron chi connectivity index (χ4n) is 8.41. The number of hydrazine groups is 1. The maximum atomic E-state index is 14.4. The molecule has 3 aliphatic rings. The number of cyclic esters (lactones) is 1. The lowest BCUT2D eigenvalue weighted by Crippen LogP contribution is -2.61. The monoisotopic (exact) mass is 924 g/mol. The van der Waals surface area contributed by atoms with Gasteiger partial charge >= 0.3 is 5.97 Å². The third kappa shape index (κ3) is 10.6. The second-order valence-electron chi connectivity index (χ2n) is 18.9. The molecular weight excluding hydrogens is 861 g/mol. The Bertz CT molecular complexity index is 2500. The van der Waals surface area contributed by atoms with Gasteiger partial charge in [-0.1, -0.05) is 25.8 Å². The van der Waals surface area contributed by atoms with E-state index in [4.69, 9.17) is 28.9 Å². The van der Waals surface area contributed by atoms with Gasteiger partial charge < -0.3 is 33.7 Å². The Kier molecular flexibility index (Phi) is 15.0. The summed E-state index contributed by atoms with van der Waals surface area (Å²) in [6.45, 7) is 13.9. The second kappa shape index (κ2) is 20.3. The van der Waals surface area contributed by atoms with Crippen molar-refractivity contribution in [2.24, 2.45) is 5.41 Å². The molecule has 4 aromatic rings. The molecule has 0 spiro atoms. The molecule has 2 fully saturated rings. The predicted octanol–water partition coefficient (Wildman–Crippen LogP) is 4.79. The van der Waals surface area contributed by atoms with E-state index in [1.54, 1.807) is 18.2 Å². The normalized spacial score (nSPS) is 20.2. The molecule has 6 bridgehead atoms. The summed E-state index contributed by atoms with van der Waals surface area (Å²) in [6.07, 6.45) is 1.88. The van der Waals surface area contributed by atoms with Crippen molar-refractivity contribution in [3.8, 4) is 34.4 Å². The number of hydrogen-bond donors (Lipinski definition) is 2. The van der Waals surface area contributed by atoms with Crippen LogP contribution in [0.1, 0.15) is 76.8 Å². The summed E-state index contributed by atoms with van der Waals surface area (Å²) < 4.78 is 25.8. The van der Waals surface area contributed by atoms with Gasteiger partial charge in [0.2, 0.25) is 0 Å². The van der Waals surface area contributed by atoms with E-state index in [0.29, 0.717) is 50.4 Å². The summed E-state index contributed by atoms with van der Waals surface area (Å²) in [7, 11) is 6.91. The summed E-state index contributed by atoms with van der Waals surface area (Å²) in [5.41, 5.74) is 8.82. The van der Waals surface area contributed by atoms with Crippen LogP contribution < -0.4 is 10.7 Å². The van der Waals surface area contributed by atoms with Crippen molar-refractivity contribution < 1.29 is 38.1 Å². The Morgan fingerprint density at radius 2 is 1.92 bits per heavy atom. The number of aromatic nitrogens is 3. The predicted molar refractivity (Wildman–Crippen MR) is 252 cm³/mol. The average molecular weight is 925 g/mol. The topological polar surface area (TPSA) is 170 Å². The van der Waals surface area contributed by atoms with E-state index in [1.807, 2.05) is 51.2 Å². The number of carbonyl (C=O) groups excluding carboxylic acids is 4. The van der Waals surface area contributed by atoms with Crippen LogP contribution in [-0.2, 0) is 57.5 Å². The molecule has 17 heteroatoms. The van der Waals surface area contributed by atoms with Gasteiger partial charge in [-0.3, -0.25) is 34.1 Å². The molecule has 3 aromatic heterocycles. The molecule has 6 heterocycles. The Balaban J connectivity index is 1.17. The van der Waals surface area contributed by atoms with Crippen LogP contribution in [0.5, 0.6) is 0 Å². The quantitative estimate of drug-likeness (QED) is 0.156. The SMILES string of the molecule is CCn1c(-c2cccnc2[C@H](C)OC)c2c3cc(ccc31)-c1csc(n1)C[C@H](NC(=O)[C@@H](COC1CN(C(=O)C#CC(C)(C)N(C)C)C1)OC)C(=O)N1CCC[C@H](N1)C(=O)OCC(C)(C)C2. The average Bonchev–Trinajstić information content (AvgIpc) is 3.88. The zero-order chi connectivity index (χ0) is 47.5. The summed E-state index contributed by atoms with van der Waals surface area (Å²) >= 11 is 1.41. The number of hydrogen-bond acceptors (Lipinski definition) is 13. The number of thiazole rings is 1. The molecule has 66 heavy (non-hydrogen) atoms. The van der Waals surface area contributed by atoms with Gasteiger partial charge in [0.05, 0.1) is 53.1 Å². The molecule has 0 unspecified atom stereocenters. The number of amides is 3. The standard InChI is InChI=1S/C49H64N8O8S/c1-11-56-39-17-16-31-22-34(39)35(44(56)33-14-12-20-50-43(33)30(2)62-9)24-48(3,4)29-65-47(61)36-15-13-21-57(53-36)46(60)37(23-41-51-38(31)28-66-41)52-45(59)40(63-10)27-64-32-25-55(26-32)42(58)18-19-49(5,6)54(7)8/h12,14,16-17,20,22,28,30,32,36-37,40,53H,11,13,15,21,23-27,29H2,1-10H3,(H,52,59)/t30-,36-,37-,40+/m0/s1. The highest BCUT2D eigenvalue weighted by atomic mass is 32.1. The minimum absolute atomic E-state index is 0.0880. The first-order valence-electron chi connectivity index (χ1n) is 22.7. The highest BCUT2D eigenvalue weighted by Crippen LogP contribution is 2.42. The Hall–Kier alpha value is -5.22. The van der Waals surface area contributed by atoms with Crippen molar-refractivity contribution in [2.45, 2.75) is 110 Å². The molecule has 4 atom stereocenters. The number of ether oxygens (including phenoxy) is 4. The lowest BCUT2D eigenvalue weighted by molar-refractivity contribution is -0.156. The first-order chi connectivity index (χ1) is 31.4. The number of esters is 1. The minimum atomic E-state index is -1.06. The van der Waals surface area contributed by atoms with Gasteiger partial charge in [-0.15, -0.1) is 11.3 Å². The number of pyridine rings is 1. The minimum Gasteiger partial charge on any atom is -0.464 e. The largest absolute Gasteiger partial charge is 0.464 e. The van der Waals surface area contributed by atoms with E-state index in [-0.39, 0.29) is 37.7 Å². The van der Waals surface area contributed by atoms with E-state index in [9.17, 15) is 19.2 Å². The maximum Gasteiger partial charge on any atom is 0.324 e. The van der Waals surface area contributed by atoms with E-state index in [2.05, 4.69) is 72.2 Å². The summed E-state index contributed by atoms with van der Waals surface area (Å²) in [5, 5.41) is 8.01. The van der Waals surface area contributed by atoms with E-state index in [1.165, 1.54) is 23.5 Å². The molecule has 0 radical (unpaired) electrons. The maximum absolute atomic E-state index is 14.4.